The molecule has 3 saturated heterocycles. The number of ketones is 3. The molecule has 0 bridgehead atoms. The zero-order valence-electron chi connectivity index (χ0n) is 57.8. The number of hydrogen-bond acceptors (Lipinski definition) is 20. The van der Waals surface area contributed by atoms with E-state index in [-0.39, 0.29) is 85.8 Å². The minimum absolute atomic E-state index is 0.0863. The highest BCUT2D eigenvalue weighted by atomic mass is 16.5. The van der Waals surface area contributed by atoms with Gasteiger partial charge in [0.1, 0.15) is 42.6 Å². The summed E-state index contributed by atoms with van der Waals surface area (Å²) < 4.78 is 20.8. The fourth-order valence-corrected chi connectivity index (χ4v) is 13.0. The highest BCUT2D eigenvalue weighted by Crippen LogP contribution is 2.35. The largest absolute Gasteiger partial charge is 0.494 e. The molecule has 3 N–H and O–H groups in total. The van der Waals surface area contributed by atoms with Gasteiger partial charge < -0.3 is 58.6 Å². The first-order chi connectivity index (χ1) is 51.0. The van der Waals surface area contributed by atoms with E-state index in [9.17, 15) is 43.2 Å². The van der Waals surface area contributed by atoms with Crippen molar-refractivity contribution in [2.24, 2.45) is 0 Å². The van der Waals surface area contributed by atoms with Gasteiger partial charge in [-0.25, -0.2) is 39.0 Å². The molecule has 2 atom stereocenters. The first-order valence-electron chi connectivity index (χ1n) is 33.4. The first kappa shape index (κ1) is 69.9. The quantitative estimate of drug-likeness (QED) is 0.0824. The van der Waals surface area contributed by atoms with Gasteiger partial charge >= 0.3 is 0 Å². The van der Waals surface area contributed by atoms with Crippen LogP contribution in [-0.4, -0.2) is 250 Å². The summed E-state index contributed by atoms with van der Waals surface area (Å²) in [7, 11) is 4.43. The number of aromatic nitrogens is 14. The summed E-state index contributed by atoms with van der Waals surface area (Å²) in [5.41, 5.74) is 4.72. The Balaban J connectivity index is 0.000000140. The van der Waals surface area contributed by atoms with Crippen LogP contribution in [0.5, 0.6) is 17.2 Å². The van der Waals surface area contributed by atoms with Crippen LogP contribution in [0.15, 0.2) is 166 Å². The number of H-pyrrole nitrogens is 3. The number of nitrogens with zero attached hydrogens (tertiary/aromatic N) is 17. The third kappa shape index (κ3) is 13.9. The predicted molar refractivity (Wildman–Crippen MR) is 379 cm³/mol. The van der Waals surface area contributed by atoms with E-state index >= 15 is 0 Å². The molecule has 0 aliphatic carbocycles. The van der Waals surface area contributed by atoms with E-state index in [1.807, 2.05) is 81.4 Å². The number of Topliss-reactive ketones (excluding diaryl/α,β-unsaturated/α-hetero) is 3. The number of pyridine rings is 3. The number of rotatable bonds is 15. The Morgan fingerprint density at radius 2 is 0.762 bits per heavy atom. The Bertz CT molecular complexity index is 5240. The number of aryl methyl sites for hydroxylation is 1. The molecule has 3 aromatic carbocycles. The molecule has 3 aliphatic rings. The van der Waals surface area contributed by atoms with Crippen LogP contribution >= 0.6 is 0 Å². The van der Waals surface area contributed by atoms with E-state index in [0.29, 0.717) is 110 Å². The molecule has 15 rings (SSSR count). The summed E-state index contributed by atoms with van der Waals surface area (Å²) in [5.74, 6) is -1.71. The molecule has 32 nitrogen and oxygen atoms in total. The molecule has 0 radical (unpaired) electrons. The number of piperazine rings is 3. The van der Waals surface area contributed by atoms with Crippen molar-refractivity contribution in [3.05, 3.63) is 205 Å². The minimum atomic E-state index is -0.666. The normalized spacial score (nSPS) is 15.2. The lowest BCUT2D eigenvalue weighted by Crippen LogP contribution is -2.56. The maximum atomic E-state index is 13.4. The average Bonchev–Trinajstić information content (AvgIpc) is 1.65. The first-order valence-corrected chi connectivity index (χ1v) is 33.4. The van der Waals surface area contributed by atoms with Gasteiger partial charge in [-0.05, 0) is 63.2 Å². The van der Waals surface area contributed by atoms with Crippen molar-refractivity contribution in [1.82, 2.24) is 98.6 Å². The van der Waals surface area contributed by atoms with Gasteiger partial charge in [-0.3, -0.25) is 43.2 Å². The second-order valence-electron chi connectivity index (χ2n) is 24.8. The van der Waals surface area contributed by atoms with Crippen molar-refractivity contribution in [1.29, 1.82) is 0 Å². The standard InChI is InChI=1S/C26H26N6O4.C24H23N7O4.C23H21N7O4/c1-16-9-10-32(29-16)24-22-21(20(36-3)14-28-24)19(13-27-22)23(33)26(35)30-11-12-31(17(2)15-30)25(34)18-7-5-4-6-8-18;1-15-12-29(8-9-30(15)23(33)16-6-4-3-5-7-16)24(34)21(32)17-10-26-20-19(17)18(35-2)11-27-22(20)31-14-25-13-28-31;1-34-17-12-26-21(30-14-24-13-27-30)19-18(17)16(11-25-19)20(31)23(33)29-9-7-28(8-10-29)22(32)15-5-3-2-4-6-15/h4-10,13-14,17,27H,11-12,15H2,1-3H3;3-7,10-11,13-15,26H,8-9,12H2,1-2H3;2-6,11-14,25H,7-10H2,1H3/t17-;15-;/m11./s1. The van der Waals surface area contributed by atoms with E-state index in [1.165, 1.54) is 108 Å². The van der Waals surface area contributed by atoms with Crippen LogP contribution < -0.4 is 14.2 Å². The smallest absolute Gasteiger partial charge is 0.295 e. The number of methoxy groups -OCH3 is 3. The topological polar surface area (TPSA) is 366 Å². The summed E-state index contributed by atoms with van der Waals surface area (Å²) in [6, 6.07) is 28.4. The van der Waals surface area contributed by atoms with Crippen molar-refractivity contribution in [2.75, 3.05) is 86.8 Å². The van der Waals surface area contributed by atoms with E-state index < -0.39 is 35.1 Å². The van der Waals surface area contributed by atoms with Crippen LogP contribution in [0, 0.1) is 6.92 Å². The molecule has 0 unspecified atom stereocenters. The van der Waals surface area contributed by atoms with Crippen molar-refractivity contribution >= 4 is 85.5 Å². The maximum Gasteiger partial charge on any atom is 0.295 e. The zero-order valence-corrected chi connectivity index (χ0v) is 57.8. The van der Waals surface area contributed by atoms with Gasteiger partial charge in [0.25, 0.3) is 52.8 Å². The molecule has 534 valence electrons. The lowest BCUT2D eigenvalue weighted by atomic mass is 10.1. The Kier molecular flexibility index (Phi) is 20.2. The average molecular weight is 1420 g/mol. The number of ether oxygens (including phenoxy) is 3. The zero-order chi connectivity index (χ0) is 73.6. The molecule has 32 heteroatoms. The highest BCUT2D eigenvalue weighted by molar-refractivity contribution is 6.46. The molecule has 12 aromatic rings. The number of aromatic amines is 3. The predicted octanol–water partition coefficient (Wildman–Crippen LogP) is 5.65. The van der Waals surface area contributed by atoms with Gasteiger partial charge in [0, 0.05) is 119 Å². The number of benzene rings is 3. The lowest BCUT2D eigenvalue weighted by molar-refractivity contribution is -0.129. The van der Waals surface area contributed by atoms with Gasteiger partial charge in [-0.2, -0.15) is 15.3 Å². The molecular formula is C73H70N20O12. The number of amides is 6. The van der Waals surface area contributed by atoms with E-state index in [1.54, 1.807) is 62.0 Å². The third-order valence-electron chi connectivity index (χ3n) is 18.4. The molecule has 3 fully saturated rings. The fraction of sp³-hybridized carbons (Fsp3) is 0.247. The Hall–Kier alpha value is -13.6. The Labute approximate surface area is 598 Å². The molecule has 0 spiro atoms. The highest BCUT2D eigenvalue weighted by Gasteiger charge is 2.38. The van der Waals surface area contributed by atoms with Crippen molar-refractivity contribution < 1.29 is 57.4 Å². The van der Waals surface area contributed by atoms with Gasteiger partial charge in [0.15, 0.2) is 17.5 Å². The van der Waals surface area contributed by atoms with E-state index in [0.717, 1.165) is 5.69 Å². The van der Waals surface area contributed by atoms with Crippen LogP contribution in [0.4, 0.5) is 0 Å². The van der Waals surface area contributed by atoms with Crippen LogP contribution in [0.1, 0.15) is 81.7 Å². The second kappa shape index (κ2) is 30.3. The van der Waals surface area contributed by atoms with Crippen LogP contribution in [0.2, 0.25) is 0 Å². The maximum absolute atomic E-state index is 13.4. The van der Waals surface area contributed by atoms with Crippen LogP contribution in [-0.2, 0) is 14.4 Å². The third-order valence-corrected chi connectivity index (χ3v) is 18.4. The molecule has 6 amide bonds. The number of carbonyl (C=O) groups excluding carboxylic acids is 9. The molecule has 0 saturated carbocycles. The van der Waals surface area contributed by atoms with Gasteiger partial charge in [0.05, 0.1) is 95.0 Å². The van der Waals surface area contributed by atoms with Gasteiger partial charge in [-0.15, -0.1) is 0 Å². The summed E-state index contributed by atoms with van der Waals surface area (Å²) in [4.78, 5) is 158. The summed E-state index contributed by atoms with van der Waals surface area (Å²) >= 11 is 0. The van der Waals surface area contributed by atoms with Gasteiger partial charge in [-0.1, -0.05) is 54.6 Å². The Morgan fingerprint density at radius 1 is 0.419 bits per heavy atom. The van der Waals surface area contributed by atoms with E-state index in [2.05, 4.69) is 55.2 Å². The minimum Gasteiger partial charge on any atom is -0.494 e. The Morgan fingerprint density at radius 3 is 1.10 bits per heavy atom. The van der Waals surface area contributed by atoms with Crippen molar-refractivity contribution in [3.63, 3.8) is 0 Å². The SMILES string of the molecule is COc1cnc(-n2ccc(C)n2)c2[nH]cc(C(=O)C(=O)N3CCN(C(=O)c4ccccc4)[C@H](C)C3)c12.COc1cnc(-n2cncn2)c2[nH]cc(C(=O)C(=O)N3CCN(C(=O)c4ccccc4)CC3)c12.COc1cnc(-n2cncn2)c2[nH]cc(C(=O)C(=O)N3CCN(C(=O)c4ccccc4)[C@H](C)C3)c12. The second-order valence-corrected chi connectivity index (χ2v) is 24.8. The van der Waals surface area contributed by atoms with Crippen LogP contribution in [0.25, 0.3) is 50.2 Å². The number of nitrogens with one attached hydrogen (secondary N) is 3. The van der Waals surface area contributed by atoms with Gasteiger partial charge in [0.2, 0.25) is 0 Å². The number of carbonyl (C=O) groups is 9. The van der Waals surface area contributed by atoms with Crippen molar-refractivity contribution in [2.45, 2.75) is 32.9 Å². The van der Waals surface area contributed by atoms with Crippen molar-refractivity contribution in [3.8, 4) is 34.7 Å². The number of fused-ring (bicyclic) bond motifs is 3. The monoisotopic (exact) mass is 1420 g/mol. The number of hydrogen-bond donors (Lipinski definition) is 3. The molecule has 9 aromatic heterocycles. The molecular weight excluding hydrogens is 1350 g/mol. The molecule has 105 heavy (non-hydrogen) atoms. The fourth-order valence-electron chi connectivity index (χ4n) is 13.0. The summed E-state index contributed by atoms with van der Waals surface area (Å²) in [6.07, 6.45) is 16.4. The summed E-state index contributed by atoms with van der Waals surface area (Å²) in [5, 5.41) is 13.9. The van der Waals surface area contributed by atoms with E-state index in [4.69, 9.17) is 14.2 Å². The summed E-state index contributed by atoms with van der Waals surface area (Å²) in [6.45, 7) is 8.61. The lowest BCUT2D eigenvalue weighted by Gasteiger charge is -2.39. The van der Waals surface area contributed by atoms with Crippen LogP contribution in [0.3, 0.4) is 0 Å². The molecule has 3 aliphatic heterocycles. The molecule has 12 heterocycles.